The van der Waals surface area contributed by atoms with Crippen LogP contribution in [0.1, 0.15) is 33.6 Å². The molecule has 3 aromatic carbocycles. The molecule has 2 heterocycles. The first kappa shape index (κ1) is 28.1. The van der Waals surface area contributed by atoms with Gasteiger partial charge >= 0.3 is 5.97 Å². The molecule has 2 aliphatic rings. The summed E-state index contributed by atoms with van der Waals surface area (Å²) in [6, 6.07) is 17.8. The predicted molar refractivity (Wildman–Crippen MR) is 161 cm³/mol. The number of allylic oxidation sites excluding steroid dienone is 2. The number of fused-ring (bicyclic) bond motifs is 2. The van der Waals surface area contributed by atoms with E-state index in [1.54, 1.807) is 48.5 Å². The van der Waals surface area contributed by atoms with E-state index in [1.165, 1.54) is 23.1 Å². The third-order valence-corrected chi connectivity index (χ3v) is 8.27. The van der Waals surface area contributed by atoms with Gasteiger partial charge in [0.05, 0.1) is 39.3 Å². The Morgan fingerprint density at radius 1 is 0.810 bits per heavy atom. The normalized spacial score (nSPS) is 17.9. The fraction of sp³-hybridized carbons (Fsp3) is 0.156. The summed E-state index contributed by atoms with van der Waals surface area (Å²) in [6.07, 6.45) is 5.02. The first-order valence-electron chi connectivity index (χ1n) is 13.1. The van der Waals surface area contributed by atoms with Gasteiger partial charge in [-0.05, 0) is 67.4 Å². The monoisotopic (exact) mass is 618 g/mol. The molecule has 42 heavy (non-hydrogen) atoms. The van der Waals surface area contributed by atoms with Crippen LogP contribution in [0.2, 0.25) is 15.1 Å². The zero-order valence-electron chi connectivity index (χ0n) is 21.9. The van der Waals surface area contributed by atoms with E-state index in [0.717, 1.165) is 0 Å². The molecular formula is C32H21Cl3N2O5. The molecule has 1 aromatic heterocycles. The summed E-state index contributed by atoms with van der Waals surface area (Å²) in [7, 11) is 0. The van der Waals surface area contributed by atoms with Crippen molar-refractivity contribution in [3.05, 3.63) is 105 Å². The van der Waals surface area contributed by atoms with E-state index in [9.17, 15) is 19.2 Å². The Labute approximate surface area is 255 Å². The maximum Gasteiger partial charge on any atom is 0.339 e. The molecule has 7 nitrogen and oxygen atoms in total. The van der Waals surface area contributed by atoms with Gasteiger partial charge < -0.3 is 4.74 Å². The Morgan fingerprint density at radius 2 is 1.45 bits per heavy atom. The van der Waals surface area contributed by atoms with Gasteiger partial charge in [-0.1, -0.05) is 59.1 Å². The molecule has 1 saturated heterocycles. The minimum Gasteiger partial charge on any atom is -0.454 e. The molecule has 10 heteroatoms. The van der Waals surface area contributed by atoms with Gasteiger partial charge in [0.2, 0.25) is 17.6 Å². The van der Waals surface area contributed by atoms with Crippen LogP contribution >= 0.6 is 34.8 Å². The third-order valence-electron chi connectivity index (χ3n) is 7.49. The second-order valence-electron chi connectivity index (χ2n) is 10.1. The summed E-state index contributed by atoms with van der Waals surface area (Å²) >= 11 is 18.3. The van der Waals surface area contributed by atoms with Gasteiger partial charge in [-0.3, -0.25) is 19.3 Å². The highest BCUT2D eigenvalue weighted by molar-refractivity contribution is 6.37. The van der Waals surface area contributed by atoms with Crippen molar-refractivity contribution in [2.75, 3.05) is 11.5 Å². The van der Waals surface area contributed by atoms with E-state index < -0.39 is 18.4 Å². The van der Waals surface area contributed by atoms with E-state index in [-0.39, 0.29) is 39.8 Å². The number of anilines is 1. The number of pyridine rings is 1. The lowest BCUT2D eigenvalue weighted by molar-refractivity contribution is -0.122. The molecule has 4 aromatic rings. The molecule has 1 aliphatic carbocycles. The number of esters is 1. The number of carbonyl (C=O) groups is 4. The van der Waals surface area contributed by atoms with E-state index in [4.69, 9.17) is 39.5 Å². The van der Waals surface area contributed by atoms with Crippen LogP contribution in [0.4, 0.5) is 5.69 Å². The SMILES string of the molecule is O=C(COC(=O)c1cc(-c2ccc(N3C(=O)C4CC=CCC4C3=O)cc2)nc2ccc(Cl)cc12)c1ccc(Cl)cc1Cl. The van der Waals surface area contributed by atoms with Crippen molar-refractivity contribution in [2.45, 2.75) is 12.8 Å². The Balaban J connectivity index is 1.28. The molecule has 1 fully saturated rings. The maximum absolute atomic E-state index is 13.3. The van der Waals surface area contributed by atoms with Crippen LogP contribution in [-0.2, 0) is 14.3 Å². The number of aromatic nitrogens is 1. The molecule has 0 radical (unpaired) electrons. The van der Waals surface area contributed by atoms with Crippen LogP contribution < -0.4 is 4.90 Å². The van der Waals surface area contributed by atoms with Crippen molar-refractivity contribution in [3.63, 3.8) is 0 Å². The zero-order chi connectivity index (χ0) is 29.5. The number of rotatable bonds is 6. The van der Waals surface area contributed by atoms with Gasteiger partial charge in [0.1, 0.15) is 0 Å². The van der Waals surface area contributed by atoms with Gasteiger partial charge in [-0.2, -0.15) is 0 Å². The second-order valence-corrected chi connectivity index (χ2v) is 11.3. The van der Waals surface area contributed by atoms with Crippen molar-refractivity contribution >= 4 is 75.0 Å². The largest absolute Gasteiger partial charge is 0.454 e. The number of halogens is 3. The summed E-state index contributed by atoms with van der Waals surface area (Å²) in [6.45, 7) is -0.538. The Hall–Kier alpha value is -4.04. The quantitative estimate of drug-likeness (QED) is 0.0969. The van der Waals surface area contributed by atoms with Crippen LogP contribution in [-0.4, -0.2) is 35.2 Å². The number of benzene rings is 3. The number of imide groups is 1. The predicted octanol–water partition coefficient (Wildman–Crippen LogP) is 7.36. The lowest BCUT2D eigenvalue weighted by Gasteiger charge is -2.15. The minimum atomic E-state index is -0.745. The molecule has 210 valence electrons. The van der Waals surface area contributed by atoms with Crippen molar-refractivity contribution in [3.8, 4) is 11.3 Å². The number of ketones is 1. The fourth-order valence-electron chi connectivity index (χ4n) is 5.35. The highest BCUT2D eigenvalue weighted by atomic mass is 35.5. The van der Waals surface area contributed by atoms with Gasteiger partial charge in [-0.25, -0.2) is 9.78 Å². The first-order valence-corrected chi connectivity index (χ1v) is 14.2. The Morgan fingerprint density at radius 3 is 2.12 bits per heavy atom. The standard InChI is InChI=1S/C32H21Cl3N2O5/c33-18-8-12-27-24(13-18)25(32(41)42-16-29(38)23-11-7-19(34)14-26(23)35)15-28(36-27)17-5-9-20(10-6-17)37-30(39)21-3-1-2-4-22(21)31(37)40/h1-2,5-15,21-22H,3-4,16H2. The molecule has 0 N–H and O–H groups in total. The van der Waals surface area contributed by atoms with Gasteiger partial charge in [-0.15, -0.1) is 0 Å². The Bertz CT molecular complexity index is 1790. The van der Waals surface area contributed by atoms with E-state index >= 15 is 0 Å². The average molecular weight is 620 g/mol. The number of Topliss-reactive ketones (excluding diaryl/α,β-unsaturated/α-hetero) is 1. The molecule has 2 unspecified atom stereocenters. The lowest BCUT2D eigenvalue weighted by atomic mass is 9.85. The van der Waals surface area contributed by atoms with Crippen molar-refractivity contribution in [1.29, 1.82) is 0 Å². The maximum atomic E-state index is 13.3. The molecule has 6 rings (SSSR count). The van der Waals surface area contributed by atoms with Crippen molar-refractivity contribution < 1.29 is 23.9 Å². The zero-order valence-corrected chi connectivity index (χ0v) is 24.1. The van der Waals surface area contributed by atoms with E-state index in [0.29, 0.717) is 50.7 Å². The number of hydrogen-bond acceptors (Lipinski definition) is 6. The first-order chi connectivity index (χ1) is 20.2. The summed E-state index contributed by atoms with van der Waals surface area (Å²) < 4.78 is 5.39. The average Bonchev–Trinajstić information content (AvgIpc) is 3.24. The van der Waals surface area contributed by atoms with E-state index in [1.807, 2.05) is 12.2 Å². The van der Waals surface area contributed by atoms with Gasteiger partial charge in [0.25, 0.3) is 0 Å². The van der Waals surface area contributed by atoms with E-state index in [2.05, 4.69) is 4.98 Å². The topological polar surface area (TPSA) is 93.6 Å². The van der Waals surface area contributed by atoms with Crippen LogP contribution in [0.25, 0.3) is 22.2 Å². The number of amides is 2. The molecular weight excluding hydrogens is 599 g/mol. The molecule has 0 bridgehead atoms. The third kappa shape index (κ3) is 5.20. The van der Waals surface area contributed by atoms with Crippen LogP contribution in [0, 0.1) is 11.8 Å². The molecule has 2 atom stereocenters. The highest BCUT2D eigenvalue weighted by Gasteiger charge is 2.47. The summed E-state index contributed by atoms with van der Waals surface area (Å²) in [5.41, 5.74) is 2.41. The lowest BCUT2D eigenvalue weighted by Crippen LogP contribution is -2.30. The summed E-state index contributed by atoms with van der Waals surface area (Å²) in [5, 5.41) is 1.39. The molecule has 1 aliphatic heterocycles. The Kier molecular flexibility index (Phi) is 7.58. The van der Waals surface area contributed by atoms with Crippen LogP contribution in [0.5, 0.6) is 0 Å². The molecule has 0 spiro atoms. The smallest absolute Gasteiger partial charge is 0.339 e. The van der Waals surface area contributed by atoms with Crippen molar-refractivity contribution in [1.82, 2.24) is 4.98 Å². The van der Waals surface area contributed by atoms with Crippen LogP contribution in [0.3, 0.4) is 0 Å². The van der Waals surface area contributed by atoms with Gasteiger partial charge in [0.15, 0.2) is 6.61 Å². The molecule has 0 saturated carbocycles. The van der Waals surface area contributed by atoms with Crippen molar-refractivity contribution in [2.24, 2.45) is 11.8 Å². The highest BCUT2D eigenvalue weighted by Crippen LogP contribution is 2.38. The van der Waals surface area contributed by atoms with Crippen LogP contribution in [0.15, 0.2) is 78.9 Å². The summed E-state index contributed by atoms with van der Waals surface area (Å²) in [5.74, 6) is -2.27. The second kappa shape index (κ2) is 11.3. The minimum absolute atomic E-state index is 0.156. The number of nitrogens with zero attached hydrogens (tertiary/aromatic N) is 2. The number of hydrogen-bond donors (Lipinski definition) is 0. The fourth-order valence-corrected chi connectivity index (χ4v) is 6.04. The number of ether oxygens (including phenoxy) is 1. The summed E-state index contributed by atoms with van der Waals surface area (Å²) in [4.78, 5) is 57.9. The molecule has 2 amide bonds. The number of carbonyl (C=O) groups excluding carboxylic acids is 4. The van der Waals surface area contributed by atoms with Gasteiger partial charge in [0, 0.05) is 26.6 Å².